The van der Waals surface area contributed by atoms with E-state index in [1.165, 1.54) is 129 Å². The third-order valence-electron chi connectivity index (χ3n) is 5.41. The zero-order valence-corrected chi connectivity index (χ0v) is 20.2. The molecule has 0 fully saturated rings. The van der Waals surface area contributed by atoms with Crippen molar-refractivity contribution in [3.8, 4) is 0 Å². The molecule has 0 radical (unpaired) electrons. The van der Waals surface area contributed by atoms with Crippen LogP contribution >= 0.6 is 0 Å². The Morgan fingerprint density at radius 2 is 0.640 bits per heavy atom. The van der Waals surface area contributed by atoms with Gasteiger partial charge in [0.05, 0.1) is 20.1 Å². The molecule has 0 aliphatic heterocycles. The van der Waals surface area contributed by atoms with Crippen LogP contribution in [0.15, 0.2) is 0 Å². The van der Waals surface area contributed by atoms with Crippen LogP contribution in [-0.4, -0.2) is 20.1 Å². The summed E-state index contributed by atoms with van der Waals surface area (Å²) >= 11 is 0. The van der Waals surface area contributed by atoms with Gasteiger partial charge >= 0.3 is 0 Å². The Morgan fingerprint density at radius 3 is 0.920 bits per heavy atom. The molecule has 0 aromatic carbocycles. The molecule has 2 heteroatoms. The zero-order valence-electron chi connectivity index (χ0n) is 18.0. The van der Waals surface area contributed by atoms with Gasteiger partial charge in [-0.25, -0.2) is 0 Å². The first-order valence-electron chi connectivity index (χ1n) is 11.6. The highest BCUT2D eigenvalue weighted by molar-refractivity contribution is 4.48. The first-order valence-corrected chi connectivity index (χ1v) is 11.6. The Kier molecular flexibility index (Phi) is 27.6. The average Bonchev–Trinajstić information content (AvgIpc) is 2.59. The number of unbranched alkanes of at least 4 members (excludes halogenated alkanes) is 16. The maximum absolute atomic E-state index is 2.40. The van der Waals surface area contributed by atoms with E-state index in [1.807, 2.05) is 0 Å². The van der Waals surface area contributed by atoms with Crippen LogP contribution in [0.1, 0.15) is 129 Å². The number of hydrogen-bond donors (Lipinski definition) is 1. The fourth-order valence-electron chi connectivity index (χ4n) is 3.60. The minimum atomic E-state index is 0. The molecular formula is C23H50IN. The Hall–Kier alpha value is 0.690. The largest absolute Gasteiger partial charge is 1.00 e. The van der Waals surface area contributed by atoms with Gasteiger partial charge in [-0.3, -0.25) is 0 Å². The van der Waals surface area contributed by atoms with Crippen LogP contribution in [-0.2, 0) is 0 Å². The smallest absolute Gasteiger partial charge is 0.0768 e. The molecule has 1 nitrogen and oxygen atoms in total. The van der Waals surface area contributed by atoms with Crippen molar-refractivity contribution in [2.24, 2.45) is 0 Å². The van der Waals surface area contributed by atoms with Crippen molar-refractivity contribution in [3.05, 3.63) is 0 Å². The molecule has 0 amide bonds. The molecule has 0 aromatic heterocycles. The van der Waals surface area contributed by atoms with E-state index < -0.39 is 0 Å². The second-order valence-corrected chi connectivity index (χ2v) is 8.11. The van der Waals surface area contributed by atoms with E-state index in [2.05, 4.69) is 20.9 Å². The predicted octanol–water partition coefficient (Wildman–Crippen LogP) is 3.57. The molecular weight excluding hydrogens is 417 g/mol. The van der Waals surface area contributed by atoms with Crippen LogP contribution in [0, 0.1) is 0 Å². The zero-order chi connectivity index (χ0) is 17.7. The lowest BCUT2D eigenvalue weighted by atomic mass is 10.1. The first kappa shape index (κ1) is 27.9. The Balaban J connectivity index is 0. The van der Waals surface area contributed by atoms with Crippen LogP contribution in [0.25, 0.3) is 0 Å². The summed E-state index contributed by atoms with van der Waals surface area (Å²) in [6.07, 6.45) is 26.1. The molecule has 0 heterocycles. The van der Waals surface area contributed by atoms with E-state index in [9.17, 15) is 0 Å². The van der Waals surface area contributed by atoms with Gasteiger partial charge < -0.3 is 28.9 Å². The summed E-state index contributed by atoms with van der Waals surface area (Å²) in [5, 5.41) is 0. The summed E-state index contributed by atoms with van der Waals surface area (Å²) < 4.78 is 0. The van der Waals surface area contributed by atoms with Gasteiger partial charge in [-0.05, 0) is 25.7 Å². The molecule has 0 unspecified atom stereocenters. The Labute approximate surface area is 178 Å². The van der Waals surface area contributed by atoms with Gasteiger partial charge in [0.1, 0.15) is 0 Å². The normalized spacial score (nSPS) is 11.0. The Morgan fingerprint density at radius 1 is 0.400 bits per heavy atom. The van der Waals surface area contributed by atoms with Gasteiger partial charge in [0.15, 0.2) is 0 Å². The second-order valence-electron chi connectivity index (χ2n) is 8.11. The SMILES string of the molecule is CCCCCCCCCCC[NH+](C)CCCCCCCCCCC.[I-]. The third kappa shape index (κ3) is 24.7. The average molecular weight is 468 g/mol. The minimum Gasteiger partial charge on any atom is -1.00 e. The van der Waals surface area contributed by atoms with Crippen LogP contribution in [0.2, 0.25) is 0 Å². The predicted molar refractivity (Wildman–Crippen MR) is 111 cm³/mol. The molecule has 0 atom stereocenters. The molecule has 0 saturated carbocycles. The summed E-state index contributed by atoms with van der Waals surface area (Å²) in [5.74, 6) is 0. The van der Waals surface area contributed by atoms with Gasteiger partial charge in [-0.2, -0.15) is 0 Å². The van der Waals surface area contributed by atoms with E-state index in [0.29, 0.717) is 0 Å². The first-order chi connectivity index (χ1) is 11.8. The summed E-state index contributed by atoms with van der Waals surface area (Å²) in [6, 6.07) is 0. The lowest BCUT2D eigenvalue weighted by molar-refractivity contribution is -0.880. The van der Waals surface area contributed by atoms with Gasteiger partial charge in [0.25, 0.3) is 0 Å². The van der Waals surface area contributed by atoms with E-state index >= 15 is 0 Å². The van der Waals surface area contributed by atoms with Crippen LogP contribution in [0.4, 0.5) is 0 Å². The summed E-state index contributed by atoms with van der Waals surface area (Å²) in [7, 11) is 2.40. The fraction of sp³-hybridized carbons (Fsp3) is 1.00. The fourth-order valence-corrected chi connectivity index (χ4v) is 3.60. The second kappa shape index (κ2) is 24.7. The maximum atomic E-state index is 2.40. The van der Waals surface area contributed by atoms with Crippen molar-refractivity contribution in [2.45, 2.75) is 129 Å². The van der Waals surface area contributed by atoms with E-state index in [4.69, 9.17) is 0 Å². The molecule has 0 aliphatic rings. The summed E-state index contributed by atoms with van der Waals surface area (Å²) in [5.41, 5.74) is 0. The monoisotopic (exact) mass is 467 g/mol. The highest BCUT2D eigenvalue weighted by Crippen LogP contribution is 2.10. The molecule has 25 heavy (non-hydrogen) atoms. The maximum Gasteiger partial charge on any atom is 0.0768 e. The van der Waals surface area contributed by atoms with Crippen molar-refractivity contribution in [1.29, 1.82) is 0 Å². The lowest BCUT2D eigenvalue weighted by Gasteiger charge is -2.13. The van der Waals surface area contributed by atoms with Crippen molar-refractivity contribution >= 4 is 0 Å². The molecule has 0 aromatic rings. The van der Waals surface area contributed by atoms with E-state index in [-0.39, 0.29) is 24.0 Å². The van der Waals surface area contributed by atoms with Gasteiger partial charge in [0, 0.05) is 0 Å². The molecule has 0 aliphatic carbocycles. The van der Waals surface area contributed by atoms with Crippen molar-refractivity contribution in [2.75, 3.05) is 20.1 Å². The quantitative estimate of drug-likeness (QED) is 0.206. The molecule has 0 bridgehead atoms. The number of rotatable bonds is 20. The molecule has 0 rings (SSSR count). The minimum absolute atomic E-state index is 0. The van der Waals surface area contributed by atoms with Gasteiger partial charge in [-0.1, -0.05) is 104 Å². The number of quaternary nitrogens is 1. The summed E-state index contributed by atoms with van der Waals surface area (Å²) in [4.78, 5) is 1.76. The molecule has 1 N–H and O–H groups in total. The highest BCUT2D eigenvalue weighted by Gasteiger charge is 2.01. The number of nitrogens with one attached hydrogen (secondary N) is 1. The van der Waals surface area contributed by atoms with Gasteiger partial charge in [-0.15, -0.1) is 0 Å². The standard InChI is InChI=1S/C23H49N.HI/c1-4-6-8-10-12-14-16-18-20-22-24(3)23-21-19-17-15-13-11-9-7-5-2;/h4-23H2,1-3H3;1H. The van der Waals surface area contributed by atoms with Crippen molar-refractivity contribution in [1.82, 2.24) is 0 Å². The third-order valence-corrected chi connectivity index (χ3v) is 5.41. The van der Waals surface area contributed by atoms with Gasteiger partial charge in [0.2, 0.25) is 0 Å². The summed E-state index contributed by atoms with van der Waals surface area (Å²) in [6.45, 7) is 7.39. The molecule has 0 spiro atoms. The van der Waals surface area contributed by atoms with E-state index in [1.54, 1.807) is 4.90 Å². The van der Waals surface area contributed by atoms with Crippen LogP contribution in [0.3, 0.4) is 0 Å². The van der Waals surface area contributed by atoms with Crippen molar-refractivity contribution < 1.29 is 28.9 Å². The van der Waals surface area contributed by atoms with Crippen molar-refractivity contribution in [3.63, 3.8) is 0 Å². The Bertz CT molecular complexity index is 198. The topological polar surface area (TPSA) is 4.44 Å². The number of halogens is 1. The molecule has 154 valence electrons. The highest BCUT2D eigenvalue weighted by atomic mass is 127. The van der Waals surface area contributed by atoms with Crippen LogP contribution in [0.5, 0.6) is 0 Å². The van der Waals surface area contributed by atoms with E-state index in [0.717, 1.165) is 0 Å². The van der Waals surface area contributed by atoms with Crippen LogP contribution < -0.4 is 28.9 Å². The number of hydrogen-bond acceptors (Lipinski definition) is 0. The molecule has 0 saturated heterocycles. The lowest BCUT2D eigenvalue weighted by Crippen LogP contribution is -3.09.